The van der Waals surface area contributed by atoms with E-state index in [1.165, 1.54) is 17.5 Å². The maximum atomic E-state index is 11.8. The number of hydrogen-bond acceptors (Lipinski definition) is 4. The van der Waals surface area contributed by atoms with Crippen LogP contribution in [0.3, 0.4) is 0 Å². The number of amides is 1. The van der Waals surface area contributed by atoms with Crippen LogP contribution in [-0.4, -0.2) is 51.1 Å². The van der Waals surface area contributed by atoms with Crippen molar-refractivity contribution in [2.75, 3.05) is 38.1 Å². The predicted molar refractivity (Wildman–Crippen MR) is 123 cm³/mol. The Hall–Kier alpha value is -2.23. The molecule has 0 bridgehead atoms. The number of guanidine groups is 1. The Bertz CT molecular complexity index is 761. The zero-order valence-corrected chi connectivity index (χ0v) is 18.6. The summed E-state index contributed by atoms with van der Waals surface area (Å²) in [5, 5.41) is 9.50. The van der Waals surface area contributed by atoms with Gasteiger partial charge in [-0.15, -0.1) is 24.0 Å². The van der Waals surface area contributed by atoms with Crippen LogP contribution in [0.1, 0.15) is 22.5 Å². The molecule has 2 aromatic rings. The lowest BCUT2D eigenvalue weighted by Crippen LogP contribution is -2.46. The third-order valence-corrected chi connectivity index (χ3v) is 4.60. The second kappa shape index (κ2) is 10.9. The van der Waals surface area contributed by atoms with Gasteiger partial charge in [0.25, 0.3) is 5.91 Å². The minimum absolute atomic E-state index is 0. The normalized spacial score (nSPS) is 16.4. The highest BCUT2D eigenvalue weighted by Crippen LogP contribution is 2.20. The summed E-state index contributed by atoms with van der Waals surface area (Å²) in [4.78, 5) is 18.5. The monoisotopic (exact) mass is 497 g/mol. The van der Waals surface area contributed by atoms with Gasteiger partial charge in [-0.05, 0) is 37.6 Å². The van der Waals surface area contributed by atoms with Crippen molar-refractivity contribution in [2.24, 2.45) is 4.99 Å². The molecule has 0 saturated carbocycles. The van der Waals surface area contributed by atoms with Crippen molar-refractivity contribution >= 4 is 41.5 Å². The summed E-state index contributed by atoms with van der Waals surface area (Å²) in [6, 6.07) is 12.3. The van der Waals surface area contributed by atoms with Crippen LogP contribution >= 0.6 is 24.0 Å². The van der Waals surface area contributed by atoms with Crippen LogP contribution in [-0.2, 0) is 0 Å². The molecule has 152 valence electrons. The molecule has 7 nitrogen and oxygen atoms in total. The summed E-state index contributed by atoms with van der Waals surface area (Å²) in [6.45, 7) is 5.14. The molecule has 0 radical (unpaired) electrons. The molecule has 1 atom stereocenters. The van der Waals surface area contributed by atoms with Crippen molar-refractivity contribution in [3.8, 4) is 0 Å². The average molecular weight is 497 g/mol. The van der Waals surface area contributed by atoms with Crippen LogP contribution in [0.2, 0.25) is 0 Å². The second-order valence-electron chi connectivity index (χ2n) is 6.64. The Labute approximate surface area is 183 Å². The Kier molecular flexibility index (Phi) is 8.62. The number of nitrogens with zero attached hydrogens (tertiary/aromatic N) is 2. The summed E-state index contributed by atoms with van der Waals surface area (Å²) >= 11 is 0. The quantitative estimate of drug-likeness (QED) is 0.247. The Morgan fingerprint density at radius 2 is 1.96 bits per heavy atom. The highest BCUT2D eigenvalue weighted by molar-refractivity contribution is 14.0. The van der Waals surface area contributed by atoms with E-state index in [4.69, 9.17) is 4.42 Å². The van der Waals surface area contributed by atoms with E-state index in [0.717, 1.165) is 25.5 Å². The number of aryl methyl sites for hydroxylation is 1. The van der Waals surface area contributed by atoms with Crippen LogP contribution in [0.5, 0.6) is 0 Å². The molecule has 2 heterocycles. The van der Waals surface area contributed by atoms with Gasteiger partial charge < -0.3 is 25.3 Å². The van der Waals surface area contributed by atoms with Gasteiger partial charge in [0.1, 0.15) is 0 Å². The lowest BCUT2D eigenvalue weighted by Gasteiger charge is -2.20. The molecule has 0 spiro atoms. The van der Waals surface area contributed by atoms with Crippen LogP contribution in [0.4, 0.5) is 5.69 Å². The molecule has 1 amide bonds. The van der Waals surface area contributed by atoms with Crippen LogP contribution in [0, 0.1) is 6.92 Å². The summed E-state index contributed by atoms with van der Waals surface area (Å²) in [5.41, 5.74) is 2.53. The van der Waals surface area contributed by atoms with Gasteiger partial charge in [-0.1, -0.05) is 17.7 Å². The first-order valence-electron chi connectivity index (χ1n) is 9.26. The highest BCUT2D eigenvalue weighted by Gasteiger charge is 2.23. The van der Waals surface area contributed by atoms with Crippen molar-refractivity contribution in [1.82, 2.24) is 16.0 Å². The topological polar surface area (TPSA) is 81.9 Å². The number of furan rings is 1. The van der Waals surface area contributed by atoms with E-state index in [9.17, 15) is 4.79 Å². The van der Waals surface area contributed by atoms with Crippen LogP contribution in [0.15, 0.2) is 52.1 Å². The van der Waals surface area contributed by atoms with Gasteiger partial charge in [0.15, 0.2) is 11.7 Å². The summed E-state index contributed by atoms with van der Waals surface area (Å²) in [7, 11) is 1.75. The van der Waals surface area contributed by atoms with Gasteiger partial charge in [-0.2, -0.15) is 0 Å². The standard InChI is InChI=1S/C20H27N5O2.HI/c1-15-5-7-17(8-6-15)25-12-9-16(14-25)24-20(21-2)23-11-10-22-19(26)18-4-3-13-27-18;/h3-8,13,16H,9-12,14H2,1-2H3,(H,22,26)(H2,21,23,24);1H. The maximum absolute atomic E-state index is 11.8. The number of rotatable bonds is 6. The average Bonchev–Trinajstić information content (AvgIpc) is 3.37. The molecular weight excluding hydrogens is 469 g/mol. The fraction of sp³-hybridized carbons (Fsp3) is 0.400. The molecule has 0 aliphatic carbocycles. The number of halogens is 1. The van der Waals surface area contributed by atoms with Gasteiger partial charge in [-0.3, -0.25) is 9.79 Å². The molecule has 3 N–H and O–H groups in total. The van der Waals surface area contributed by atoms with E-state index < -0.39 is 0 Å². The number of nitrogens with one attached hydrogen (secondary N) is 3. The molecule has 1 aliphatic heterocycles. The molecule has 1 saturated heterocycles. The SMILES string of the molecule is CN=C(NCCNC(=O)c1ccco1)NC1CCN(c2ccc(C)cc2)C1.I. The van der Waals surface area contributed by atoms with E-state index in [-0.39, 0.29) is 29.9 Å². The van der Waals surface area contributed by atoms with E-state index >= 15 is 0 Å². The number of anilines is 1. The molecule has 8 heteroatoms. The lowest BCUT2D eigenvalue weighted by atomic mass is 10.2. The summed E-state index contributed by atoms with van der Waals surface area (Å²) in [5.74, 6) is 0.854. The van der Waals surface area contributed by atoms with Crippen molar-refractivity contribution < 1.29 is 9.21 Å². The first-order valence-corrected chi connectivity index (χ1v) is 9.26. The molecule has 3 rings (SSSR count). The molecule has 1 aliphatic rings. The minimum atomic E-state index is -0.214. The second-order valence-corrected chi connectivity index (χ2v) is 6.64. The lowest BCUT2D eigenvalue weighted by molar-refractivity contribution is 0.0926. The zero-order chi connectivity index (χ0) is 19.1. The molecule has 1 fully saturated rings. The van der Waals surface area contributed by atoms with Gasteiger partial charge >= 0.3 is 0 Å². The predicted octanol–water partition coefficient (Wildman–Crippen LogP) is 2.38. The number of hydrogen-bond donors (Lipinski definition) is 3. The van der Waals surface area contributed by atoms with Crippen LogP contribution in [0.25, 0.3) is 0 Å². The number of benzene rings is 1. The third kappa shape index (κ3) is 6.15. The number of carbonyl (C=O) groups is 1. The molecular formula is C20H28IN5O2. The maximum Gasteiger partial charge on any atom is 0.287 e. The zero-order valence-electron chi connectivity index (χ0n) is 16.3. The van der Waals surface area contributed by atoms with Gasteiger partial charge in [-0.25, -0.2) is 0 Å². The van der Waals surface area contributed by atoms with E-state index in [1.807, 2.05) is 0 Å². The van der Waals surface area contributed by atoms with E-state index in [0.29, 0.717) is 24.9 Å². The fourth-order valence-corrected chi connectivity index (χ4v) is 3.11. The van der Waals surface area contributed by atoms with Gasteiger partial charge in [0.05, 0.1) is 6.26 Å². The largest absolute Gasteiger partial charge is 0.459 e. The van der Waals surface area contributed by atoms with Crippen molar-refractivity contribution in [2.45, 2.75) is 19.4 Å². The summed E-state index contributed by atoms with van der Waals surface area (Å²) in [6.07, 6.45) is 2.55. The molecule has 1 aromatic heterocycles. The minimum Gasteiger partial charge on any atom is -0.459 e. The van der Waals surface area contributed by atoms with E-state index in [1.54, 1.807) is 19.2 Å². The highest BCUT2D eigenvalue weighted by atomic mass is 127. The fourth-order valence-electron chi connectivity index (χ4n) is 3.11. The number of aliphatic imine (C=N–C) groups is 1. The Balaban J connectivity index is 0.00000280. The third-order valence-electron chi connectivity index (χ3n) is 4.60. The van der Waals surface area contributed by atoms with Crippen LogP contribution < -0.4 is 20.9 Å². The molecule has 1 aromatic carbocycles. The molecule has 1 unspecified atom stereocenters. The molecule has 28 heavy (non-hydrogen) atoms. The Morgan fingerprint density at radius 1 is 1.21 bits per heavy atom. The van der Waals surface area contributed by atoms with Gasteiger partial charge in [0.2, 0.25) is 0 Å². The van der Waals surface area contributed by atoms with Gasteiger partial charge in [0, 0.05) is 45.0 Å². The first kappa shape index (κ1) is 22.1. The first-order chi connectivity index (χ1) is 13.2. The van der Waals surface area contributed by atoms with Crippen molar-refractivity contribution in [3.63, 3.8) is 0 Å². The smallest absolute Gasteiger partial charge is 0.287 e. The van der Waals surface area contributed by atoms with Crippen molar-refractivity contribution in [1.29, 1.82) is 0 Å². The Morgan fingerprint density at radius 3 is 2.64 bits per heavy atom. The summed E-state index contributed by atoms with van der Waals surface area (Å²) < 4.78 is 5.06. The van der Waals surface area contributed by atoms with Crippen molar-refractivity contribution in [3.05, 3.63) is 54.0 Å². The van der Waals surface area contributed by atoms with E-state index in [2.05, 4.69) is 57.0 Å². The number of carbonyl (C=O) groups excluding carboxylic acids is 1.